The molecular formula is C19H17ClFN3O3. The van der Waals surface area contributed by atoms with E-state index in [1.165, 1.54) is 12.1 Å². The number of ether oxygens (including phenoxy) is 1. The quantitative estimate of drug-likeness (QED) is 0.660. The normalized spacial score (nSPS) is 11.8. The molecule has 0 radical (unpaired) electrons. The number of nitrogens with zero attached hydrogens (tertiary/aromatic N) is 2. The number of rotatable bonds is 7. The topological polar surface area (TPSA) is 77.2 Å². The lowest BCUT2D eigenvalue weighted by atomic mass is 10.2. The largest absolute Gasteiger partial charge is 0.478 e. The van der Waals surface area contributed by atoms with Gasteiger partial charge in [-0.15, -0.1) is 0 Å². The van der Waals surface area contributed by atoms with Crippen LogP contribution in [0.5, 0.6) is 5.75 Å². The number of para-hydroxylation sites is 1. The Morgan fingerprint density at radius 1 is 1.26 bits per heavy atom. The van der Waals surface area contributed by atoms with Crippen molar-refractivity contribution in [2.24, 2.45) is 0 Å². The summed E-state index contributed by atoms with van der Waals surface area (Å²) in [5, 5.41) is 7.14. The SMILES string of the molecule is CC[C@@H](Oc1ccccc1F)C(=O)NCc1nc(-c2ccc(Cl)cc2)no1. The third kappa shape index (κ3) is 4.83. The van der Waals surface area contributed by atoms with Crippen LogP contribution in [0.3, 0.4) is 0 Å². The third-order valence-corrected chi connectivity index (χ3v) is 4.01. The van der Waals surface area contributed by atoms with Crippen molar-refractivity contribution in [1.82, 2.24) is 15.5 Å². The molecule has 0 unspecified atom stereocenters. The number of aromatic nitrogens is 2. The van der Waals surface area contributed by atoms with Crippen LogP contribution in [0.25, 0.3) is 11.4 Å². The highest BCUT2D eigenvalue weighted by Gasteiger charge is 2.20. The van der Waals surface area contributed by atoms with Gasteiger partial charge in [-0.25, -0.2) is 4.39 Å². The summed E-state index contributed by atoms with van der Waals surface area (Å²) in [6.45, 7) is 1.81. The van der Waals surface area contributed by atoms with Crippen LogP contribution >= 0.6 is 11.6 Å². The number of carbonyl (C=O) groups excluding carboxylic acids is 1. The van der Waals surface area contributed by atoms with Gasteiger partial charge in [0.15, 0.2) is 17.7 Å². The highest BCUT2D eigenvalue weighted by Crippen LogP contribution is 2.19. The maximum Gasteiger partial charge on any atom is 0.261 e. The number of hydrogen-bond acceptors (Lipinski definition) is 5. The first-order valence-electron chi connectivity index (χ1n) is 8.34. The fourth-order valence-corrected chi connectivity index (χ4v) is 2.46. The molecule has 140 valence electrons. The number of halogens is 2. The molecule has 3 aromatic rings. The summed E-state index contributed by atoms with van der Waals surface area (Å²) in [7, 11) is 0. The van der Waals surface area contributed by atoms with Gasteiger partial charge in [-0.2, -0.15) is 4.98 Å². The number of carbonyl (C=O) groups is 1. The standard InChI is InChI=1S/C19H17ClFN3O3/c1-2-15(26-16-6-4-3-5-14(16)21)19(25)22-11-17-23-18(24-27-17)12-7-9-13(20)10-8-12/h3-10,15H,2,11H2,1H3,(H,22,25)/t15-/m1/s1. The van der Waals surface area contributed by atoms with Crippen LogP contribution in [-0.2, 0) is 11.3 Å². The zero-order chi connectivity index (χ0) is 19.2. The molecule has 1 amide bonds. The molecule has 0 aliphatic carbocycles. The summed E-state index contributed by atoms with van der Waals surface area (Å²) in [6.07, 6.45) is -0.458. The first-order chi connectivity index (χ1) is 13.1. The van der Waals surface area contributed by atoms with E-state index in [0.717, 1.165) is 5.56 Å². The molecule has 0 saturated carbocycles. The van der Waals surface area contributed by atoms with Gasteiger partial charge in [0.1, 0.15) is 0 Å². The van der Waals surface area contributed by atoms with Gasteiger partial charge in [0.25, 0.3) is 5.91 Å². The summed E-state index contributed by atoms with van der Waals surface area (Å²) in [5.41, 5.74) is 0.745. The summed E-state index contributed by atoms with van der Waals surface area (Å²) < 4.78 is 24.3. The van der Waals surface area contributed by atoms with Gasteiger partial charge in [-0.1, -0.05) is 35.8 Å². The third-order valence-electron chi connectivity index (χ3n) is 3.75. The van der Waals surface area contributed by atoms with Gasteiger partial charge in [0, 0.05) is 10.6 Å². The van der Waals surface area contributed by atoms with Crippen molar-refractivity contribution in [2.75, 3.05) is 0 Å². The molecular weight excluding hydrogens is 373 g/mol. The summed E-state index contributed by atoms with van der Waals surface area (Å²) >= 11 is 5.85. The van der Waals surface area contributed by atoms with Crippen molar-refractivity contribution in [3.05, 3.63) is 65.3 Å². The van der Waals surface area contributed by atoms with Gasteiger partial charge in [0.05, 0.1) is 6.54 Å². The Kier molecular flexibility index (Phi) is 6.03. The highest BCUT2D eigenvalue weighted by molar-refractivity contribution is 6.30. The van der Waals surface area contributed by atoms with Gasteiger partial charge < -0.3 is 14.6 Å². The molecule has 0 fully saturated rings. The maximum atomic E-state index is 13.7. The van der Waals surface area contributed by atoms with E-state index in [4.69, 9.17) is 20.9 Å². The van der Waals surface area contributed by atoms with E-state index in [-0.39, 0.29) is 18.2 Å². The number of hydrogen-bond donors (Lipinski definition) is 1. The van der Waals surface area contributed by atoms with E-state index < -0.39 is 17.8 Å². The fraction of sp³-hybridized carbons (Fsp3) is 0.211. The monoisotopic (exact) mass is 389 g/mol. The number of benzene rings is 2. The van der Waals surface area contributed by atoms with Crippen LogP contribution in [-0.4, -0.2) is 22.2 Å². The van der Waals surface area contributed by atoms with E-state index in [1.54, 1.807) is 43.3 Å². The minimum atomic E-state index is -0.833. The van der Waals surface area contributed by atoms with Crippen LogP contribution < -0.4 is 10.1 Å². The first kappa shape index (κ1) is 18.8. The number of amides is 1. The van der Waals surface area contributed by atoms with Crippen LogP contribution in [0, 0.1) is 5.82 Å². The van der Waals surface area contributed by atoms with Crippen LogP contribution in [0.4, 0.5) is 4.39 Å². The van der Waals surface area contributed by atoms with E-state index in [2.05, 4.69) is 15.5 Å². The zero-order valence-corrected chi connectivity index (χ0v) is 15.2. The molecule has 1 aromatic heterocycles. The second-order valence-electron chi connectivity index (χ2n) is 5.68. The Morgan fingerprint density at radius 2 is 2.00 bits per heavy atom. The Hall–Kier alpha value is -2.93. The minimum absolute atomic E-state index is 0.0299. The lowest BCUT2D eigenvalue weighted by Gasteiger charge is -2.17. The van der Waals surface area contributed by atoms with Crippen molar-refractivity contribution < 1.29 is 18.4 Å². The summed E-state index contributed by atoms with van der Waals surface area (Å²) in [6, 6.07) is 12.9. The van der Waals surface area contributed by atoms with E-state index in [0.29, 0.717) is 17.3 Å². The van der Waals surface area contributed by atoms with Crippen molar-refractivity contribution in [3.63, 3.8) is 0 Å². The molecule has 0 aliphatic heterocycles. The Bertz CT molecular complexity index is 915. The molecule has 6 nitrogen and oxygen atoms in total. The van der Waals surface area contributed by atoms with Crippen LogP contribution in [0.1, 0.15) is 19.2 Å². The predicted octanol–water partition coefficient (Wildman–Crippen LogP) is 4.00. The van der Waals surface area contributed by atoms with Gasteiger partial charge in [0.2, 0.25) is 11.7 Å². The van der Waals surface area contributed by atoms with Gasteiger partial charge >= 0.3 is 0 Å². The molecule has 3 rings (SSSR count). The smallest absolute Gasteiger partial charge is 0.261 e. The molecule has 0 bridgehead atoms. The summed E-state index contributed by atoms with van der Waals surface area (Å²) in [4.78, 5) is 16.5. The van der Waals surface area contributed by atoms with Crippen LogP contribution in [0.2, 0.25) is 5.02 Å². The van der Waals surface area contributed by atoms with Crippen molar-refractivity contribution in [2.45, 2.75) is 26.0 Å². The molecule has 27 heavy (non-hydrogen) atoms. The molecule has 1 heterocycles. The van der Waals surface area contributed by atoms with E-state index >= 15 is 0 Å². The molecule has 2 aromatic carbocycles. The average Bonchev–Trinajstić information content (AvgIpc) is 3.15. The Labute approximate surface area is 160 Å². The molecule has 8 heteroatoms. The number of nitrogens with one attached hydrogen (secondary N) is 1. The van der Waals surface area contributed by atoms with Crippen molar-refractivity contribution >= 4 is 17.5 Å². The van der Waals surface area contributed by atoms with E-state index in [9.17, 15) is 9.18 Å². The zero-order valence-electron chi connectivity index (χ0n) is 14.5. The second-order valence-corrected chi connectivity index (χ2v) is 6.12. The average molecular weight is 390 g/mol. The first-order valence-corrected chi connectivity index (χ1v) is 8.72. The Balaban J connectivity index is 1.59. The molecule has 0 spiro atoms. The Morgan fingerprint density at radius 3 is 2.70 bits per heavy atom. The summed E-state index contributed by atoms with van der Waals surface area (Å²) in [5.74, 6) is -0.248. The maximum absolute atomic E-state index is 13.7. The van der Waals surface area contributed by atoms with Crippen molar-refractivity contribution in [3.8, 4) is 17.1 Å². The fourth-order valence-electron chi connectivity index (χ4n) is 2.34. The van der Waals surface area contributed by atoms with Crippen molar-refractivity contribution in [1.29, 1.82) is 0 Å². The lowest BCUT2D eigenvalue weighted by molar-refractivity contribution is -0.128. The lowest BCUT2D eigenvalue weighted by Crippen LogP contribution is -2.37. The predicted molar refractivity (Wildman–Crippen MR) is 97.7 cm³/mol. The molecule has 1 N–H and O–H groups in total. The van der Waals surface area contributed by atoms with E-state index in [1.807, 2.05) is 0 Å². The molecule has 0 aliphatic rings. The second kappa shape index (κ2) is 8.64. The van der Waals surface area contributed by atoms with Gasteiger partial charge in [-0.3, -0.25) is 4.79 Å². The molecule has 1 atom stereocenters. The highest BCUT2D eigenvalue weighted by atomic mass is 35.5. The van der Waals surface area contributed by atoms with Crippen LogP contribution in [0.15, 0.2) is 53.1 Å². The molecule has 0 saturated heterocycles. The van der Waals surface area contributed by atoms with Gasteiger partial charge in [-0.05, 0) is 42.8 Å². The minimum Gasteiger partial charge on any atom is -0.478 e.